The van der Waals surface area contributed by atoms with Crippen LogP contribution in [0.25, 0.3) is 217 Å². The summed E-state index contributed by atoms with van der Waals surface area (Å²) in [5.74, 6) is 2.68. The molecule has 0 amide bonds. The second-order valence-electron chi connectivity index (χ2n) is 29.5. The van der Waals surface area contributed by atoms with Gasteiger partial charge in [0, 0.05) is 61.8 Å². The Hall–Kier alpha value is -12.9. The van der Waals surface area contributed by atoms with Gasteiger partial charge < -0.3 is 42.4 Å². The molecule has 123 heavy (non-hydrogen) atoms. The van der Waals surface area contributed by atoms with E-state index in [0.29, 0.717) is 0 Å². The Morgan fingerprint density at radius 1 is 0.268 bits per heavy atom. The van der Waals surface area contributed by atoms with Crippen molar-refractivity contribution in [2.75, 3.05) is 0 Å². The molecule has 594 valence electrons. The van der Waals surface area contributed by atoms with Crippen molar-refractivity contribution in [3.05, 3.63) is 378 Å². The molecule has 0 aliphatic heterocycles. The van der Waals surface area contributed by atoms with Crippen molar-refractivity contribution in [2.45, 2.75) is 0 Å². The zero-order valence-electron chi connectivity index (χ0n) is 65.9. The number of nitrogens with zero attached hydrogens (tertiary/aromatic N) is 12. The molecule has 24 rings (SSSR count). The molecular formula is C105H66N12Pt3S3. The summed E-state index contributed by atoms with van der Waals surface area (Å²) in [5, 5.41) is 20.0. The van der Waals surface area contributed by atoms with Crippen LogP contribution < -0.4 is 0 Å². The van der Waals surface area contributed by atoms with Crippen molar-refractivity contribution in [3.63, 3.8) is 0 Å². The molecule has 12 aromatic carbocycles. The van der Waals surface area contributed by atoms with E-state index in [1.807, 2.05) is 97.5 Å². The van der Waals surface area contributed by atoms with Gasteiger partial charge in [-0.05, 0) is 206 Å². The summed E-state index contributed by atoms with van der Waals surface area (Å²) in [5.41, 5.74) is 31.0. The molecule has 0 radical (unpaired) electrons. The number of imidazole rings is 3. The molecule has 0 spiro atoms. The second kappa shape index (κ2) is 33.8. The van der Waals surface area contributed by atoms with Gasteiger partial charge in [0.25, 0.3) is 0 Å². The van der Waals surface area contributed by atoms with Gasteiger partial charge >= 0.3 is 63.2 Å². The molecule has 0 saturated heterocycles. The summed E-state index contributed by atoms with van der Waals surface area (Å²) >= 11 is 5.13. The predicted octanol–water partition coefficient (Wildman–Crippen LogP) is 26.2. The average Bonchev–Trinajstić information content (AvgIpc) is 1.62. The zero-order chi connectivity index (χ0) is 79.9. The van der Waals surface area contributed by atoms with Crippen molar-refractivity contribution >= 4 is 133 Å². The number of aryl methyl sites for hydroxylation is 3. The first-order valence-electron chi connectivity index (χ1n) is 39.4. The normalized spacial score (nSPS) is 11.3. The number of pyridine rings is 3. The molecular weight excluding hydrogens is 2110 g/mol. The monoisotopic (exact) mass is 2180 g/mol. The fraction of sp³-hybridized carbons (Fsp3) is 0.0286. The Kier molecular flexibility index (Phi) is 21.9. The first-order valence-corrected chi connectivity index (χ1v) is 42.2. The smallest absolute Gasteiger partial charge is 0.367 e. The van der Waals surface area contributed by atoms with Gasteiger partial charge in [-0.3, -0.25) is 15.0 Å². The first kappa shape index (κ1) is 79.8. The van der Waals surface area contributed by atoms with E-state index in [1.165, 1.54) is 54.9 Å². The van der Waals surface area contributed by atoms with Crippen LogP contribution in [0.5, 0.6) is 0 Å². The molecule has 12 heterocycles. The molecule has 18 heteroatoms. The average molecular weight is 2180 g/mol. The number of hydrogen-bond acceptors (Lipinski definition) is 9. The molecule has 0 fully saturated rings. The van der Waals surface area contributed by atoms with Gasteiger partial charge in [-0.2, -0.15) is 34.0 Å². The molecule has 0 unspecified atom stereocenters. The summed E-state index contributed by atoms with van der Waals surface area (Å²) < 4.78 is 13.3. The van der Waals surface area contributed by atoms with E-state index in [-0.39, 0.29) is 63.2 Å². The van der Waals surface area contributed by atoms with Gasteiger partial charge in [0.15, 0.2) is 0 Å². The molecule has 24 aromatic rings. The molecule has 12 aromatic heterocycles. The maximum absolute atomic E-state index is 5.03. The Balaban J connectivity index is 0.000000120. The SMILES string of the molecule is Cn1c(-c2[c-]c3c(c(-c4ccsc4)c2)c2ccccc2n3-c2[c-]c(-c3ccccn3)ccc2)nc2ccccc21.Cn1c(-c2[c-]c3c(cc2)c2ccc(-c4ccsc4)cc2n3-c2[c-]c(-c3ccccn3)ccc2)nc2ccccc21.Cn1c(-c2[c-]c3c(cc2)c2cccc(-c4ccsc4)c2n3-c2[c-]c(-c3ccccn3)ccc2)nc2ccccc21.[Pt+2].[Pt+2].[Pt+2]. The van der Waals surface area contributed by atoms with Crippen LogP contribution in [0.15, 0.2) is 342 Å². The predicted molar refractivity (Wildman–Crippen MR) is 494 cm³/mol. The van der Waals surface area contributed by atoms with Gasteiger partial charge in [0.2, 0.25) is 0 Å². The van der Waals surface area contributed by atoms with Crippen LogP contribution in [-0.4, -0.2) is 57.3 Å². The summed E-state index contributed by atoms with van der Waals surface area (Å²) in [6.45, 7) is 0. The molecule has 0 aliphatic carbocycles. The first-order chi connectivity index (χ1) is 59.3. The van der Waals surface area contributed by atoms with E-state index in [9.17, 15) is 0 Å². The van der Waals surface area contributed by atoms with Crippen molar-refractivity contribution in [1.29, 1.82) is 0 Å². The van der Waals surface area contributed by atoms with E-state index >= 15 is 0 Å². The molecule has 0 saturated carbocycles. The third-order valence-electron chi connectivity index (χ3n) is 22.5. The van der Waals surface area contributed by atoms with Crippen molar-refractivity contribution in [1.82, 2.24) is 57.3 Å². The number of fused-ring (bicyclic) bond motifs is 12. The van der Waals surface area contributed by atoms with E-state index in [0.717, 1.165) is 162 Å². The third kappa shape index (κ3) is 14.4. The molecule has 0 aliphatic rings. The van der Waals surface area contributed by atoms with Gasteiger partial charge in [-0.25, -0.2) is 0 Å². The quantitative estimate of drug-likeness (QED) is 0.113. The summed E-state index contributed by atoms with van der Waals surface area (Å²) in [6, 6.07) is 123. The van der Waals surface area contributed by atoms with Crippen molar-refractivity contribution in [3.8, 4) is 118 Å². The van der Waals surface area contributed by atoms with Crippen LogP contribution in [0.4, 0.5) is 0 Å². The van der Waals surface area contributed by atoms with Crippen LogP contribution in [-0.2, 0) is 84.3 Å². The van der Waals surface area contributed by atoms with Crippen LogP contribution in [0.2, 0.25) is 0 Å². The number of thiophene rings is 3. The third-order valence-corrected chi connectivity index (χ3v) is 24.6. The van der Waals surface area contributed by atoms with Crippen LogP contribution in [0, 0.1) is 36.4 Å². The number of para-hydroxylation sites is 8. The zero-order valence-corrected chi connectivity index (χ0v) is 75.2. The number of hydrogen-bond donors (Lipinski definition) is 0. The summed E-state index contributed by atoms with van der Waals surface area (Å²) in [4.78, 5) is 28.7. The van der Waals surface area contributed by atoms with E-state index in [4.69, 9.17) is 15.0 Å². The molecule has 0 bridgehead atoms. The minimum atomic E-state index is 0. The van der Waals surface area contributed by atoms with Crippen LogP contribution in [0.3, 0.4) is 0 Å². The van der Waals surface area contributed by atoms with Crippen molar-refractivity contribution < 1.29 is 63.2 Å². The summed E-state index contributed by atoms with van der Waals surface area (Å²) in [6.07, 6.45) is 5.46. The Labute approximate surface area is 763 Å². The van der Waals surface area contributed by atoms with Gasteiger partial charge in [-0.15, -0.1) is 155 Å². The largest absolute Gasteiger partial charge is 2.00 e. The van der Waals surface area contributed by atoms with E-state index < -0.39 is 0 Å². The number of rotatable bonds is 12. The van der Waals surface area contributed by atoms with Gasteiger partial charge in [0.1, 0.15) is 0 Å². The standard InChI is InChI=1S/3C35H22N4S.3Pt/c1-38-32-15-5-3-13-30(32)37-35(38)25-20-28(24-16-18-40-22-24)34-27-11-2-4-14-31(27)39(33(34)21-25)26-10-8-9-23(19-26)29-12-6-7-17-36-29;1-38-32-14-3-2-13-31(32)37-35(38)24-15-16-28-29-11-7-10-27(25-17-19-40-22-25)34(29)39(33(28)21-24)26-9-6-8-23(20-26)30-12-4-5-18-36-30;1-38-32-11-3-2-10-31(32)37-35(38)25-13-15-29-28-14-12-23(26-16-18-40-22-26)20-33(28)39(34(29)21-25)27-8-6-7-24(19-27)30-9-4-5-17-36-30;;;/h2-18,20,22H,1H3;2-19,22H,1H3;2-18,20,22H,1H3;;;/q3*-2;3*+2. The molecule has 0 atom stereocenters. The molecule has 0 N–H and O–H groups in total. The summed E-state index contributed by atoms with van der Waals surface area (Å²) in [7, 11) is 6.21. The number of benzene rings is 12. The fourth-order valence-corrected chi connectivity index (χ4v) is 18.9. The number of aromatic nitrogens is 12. The fourth-order valence-electron chi connectivity index (χ4n) is 16.9. The van der Waals surface area contributed by atoms with Crippen LogP contribution in [0.1, 0.15) is 0 Å². The van der Waals surface area contributed by atoms with Gasteiger partial charge in [-0.1, -0.05) is 143 Å². The maximum atomic E-state index is 5.03. The second-order valence-corrected chi connectivity index (χ2v) is 31.9. The maximum Gasteiger partial charge on any atom is 2.00 e. The Morgan fingerprint density at radius 3 is 1.16 bits per heavy atom. The van der Waals surface area contributed by atoms with E-state index in [1.54, 1.807) is 34.0 Å². The minimum absolute atomic E-state index is 0. The Morgan fingerprint density at radius 2 is 0.675 bits per heavy atom. The minimum Gasteiger partial charge on any atom is -0.367 e. The van der Waals surface area contributed by atoms with E-state index in [2.05, 4.69) is 344 Å². The molecule has 12 nitrogen and oxygen atoms in total. The van der Waals surface area contributed by atoms with Crippen LogP contribution >= 0.6 is 34.0 Å². The topological polar surface area (TPSA) is 107 Å². The Bertz CT molecular complexity index is 7940. The van der Waals surface area contributed by atoms with Crippen molar-refractivity contribution in [2.24, 2.45) is 21.1 Å². The van der Waals surface area contributed by atoms with Gasteiger partial charge in [0.05, 0.1) is 50.6 Å².